The molecule has 1 heterocycles. The van der Waals surface area contributed by atoms with E-state index in [1.165, 1.54) is 36.1 Å². The molecule has 0 saturated heterocycles. The molecule has 1 atom stereocenters. The molecule has 0 bridgehead atoms. The van der Waals surface area contributed by atoms with E-state index < -0.39 is 15.7 Å². The summed E-state index contributed by atoms with van der Waals surface area (Å²) in [5.74, 6) is -0.434. The normalized spacial score (nSPS) is 12.6. The van der Waals surface area contributed by atoms with Gasteiger partial charge in [-0.1, -0.05) is 12.1 Å². The van der Waals surface area contributed by atoms with E-state index in [1.807, 2.05) is 0 Å². The predicted molar refractivity (Wildman–Crippen MR) is 95.8 cm³/mol. The van der Waals surface area contributed by atoms with Crippen molar-refractivity contribution in [3.8, 4) is 0 Å². The van der Waals surface area contributed by atoms with Gasteiger partial charge in [-0.3, -0.25) is 9.59 Å². The summed E-state index contributed by atoms with van der Waals surface area (Å²) in [5.41, 5.74) is 0.543. The van der Waals surface area contributed by atoms with Crippen molar-refractivity contribution in [1.82, 2.24) is 15.1 Å². The first-order valence-corrected chi connectivity index (χ1v) is 9.79. The Labute approximate surface area is 151 Å². The molecule has 1 amide bonds. The zero-order chi connectivity index (χ0) is 19.3. The molecule has 26 heavy (non-hydrogen) atoms. The van der Waals surface area contributed by atoms with Gasteiger partial charge in [0.25, 0.3) is 11.5 Å². The summed E-state index contributed by atoms with van der Waals surface area (Å²) >= 11 is 0. The van der Waals surface area contributed by atoms with Crippen molar-refractivity contribution < 1.29 is 17.9 Å². The number of carbonyl (C=O) groups excluding carboxylic acids is 1. The monoisotopic (exact) mass is 379 g/mol. The average Bonchev–Trinajstić information content (AvgIpc) is 2.60. The van der Waals surface area contributed by atoms with E-state index in [0.29, 0.717) is 6.61 Å². The summed E-state index contributed by atoms with van der Waals surface area (Å²) < 4.78 is 29.1. The van der Waals surface area contributed by atoms with E-state index in [0.717, 1.165) is 11.8 Å². The lowest BCUT2D eigenvalue weighted by molar-refractivity contribution is 0.0931. The minimum absolute atomic E-state index is 0.111. The lowest BCUT2D eigenvalue weighted by atomic mass is 10.1. The number of hydrogen-bond donors (Lipinski definition) is 1. The number of benzene rings is 1. The summed E-state index contributed by atoms with van der Waals surface area (Å²) in [6.45, 7) is 2.33. The third-order valence-corrected chi connectivity index (χ3v) is 4.89. The fraction of sp³-hybridized carbons (Fsp3) is 0.353. The van der Waals surface area contributed by atoms with E-state index >= 15 is 0 Å². The minimum Gasteiger partial charge on any atom is -0.383 e. The molecular formula is C17H21N3O5S. The molecule has 0 fully saturated rings. The first-order valence-electron chi connectivity index (χ1n) is 7.90. The highest BCUT2D eigenvalue weighted by molar-refractivity contribution is 7.90. The standard InChI is InChI=1S/C17H21N3O5S/c1-12(13-4-6-14(7-5-13)26(3,23)24)18-17(22)15-8-9-16(21)20(19-15)10-11-25-2/h4-9,12H,10-11H2,1-3H3,(H,18,22)/t12-/m1/s1. The topological polar surface area (TPSA) is 107 Å². The molecule has 2 rings (SSSR count). The number of ether oxygens (including phenoxy) is 1. The van der Waals surface area contributed by atoms with Gasteiger partial charge in [0.1, 0.15) is 5.69 Å². The lowest BCUT2D eigenvalue weighted by Crippen LogP contribution is -2.31. The summed E-state index contributed by atoms with van der Waals surface area (Å²) in [5, 5.41) is 6.81. The van der Waals surface area contributed by atoms with Crippen LogP contribution in [0.5, 0.6) is 0 Å². The van der Waals surface area contributed by atoms with Gasteiger partial charge in [0.05, 0.1) is 24.1 Å². The third kappa shape index (κ3) is 4.99. The molecule has 140 valence electrons. The number of aromatic nitrogens is 2. The van der Waals surface area contributed by atoms with Crippen molar-refractivity contribution in [1.29, 1.82) is 0 Å². The summed E-state index contributed by atoms with van der Waals surface area (Å²) in [7, 11) is -1.76. The van der Waals surface area contributed by atoms with Crippen molar-refractivity contribution in [3.05, 3.63) is 58.0 Å². The van der Waals surface area contributed by atoms with Gasteiger partial charge in [-0.15, -0.1) is 0 Å². The second-order valence-corrected chi connectivity index (χ2v) is 7.82. The van der Waals surface area contributed by atoms with Gasteiger partial charge in [0.2, 0.25) is 0 Å². The van der Waals surface area contributed by atoms with Crippen LogP contribution in [-0.4, -0.2) is 44.1 Å². The molecule has 0 saturated carbocycles. The Hall–Kier alpha value is -2.52. The maximum Gasteiger partial charge on any atom is 0.272 e. The maximum absolute atomic E-state index is 12.4. The van der Waals surface area contributed by atoms with E-state index in [2.05, 4.69) is 10.4 Å². The van der Waals surface area contributed by atoms with Crippen LogP contribution in [0.25, 0.3) is 0 Å². The fourth-order valence-electron chi connectivity index (χ4n) is 2.27. The molecule has 2 aromatic rings. The van der Waals surface area contributed by atoms with Gasteiger partial charge in [-0.2, -0.15) is 5.10 Å². The minimum atomic E-state index is -3.27. The van der Waals surface area contributed by atoms with Crippen molar-refractivity contribution in [3.63, 3.8) is 0 Å². The number of nitrogens with zero attached hydrogens (tertiary/aromatic N) is 2. The molecular weight excluding hydrogens is 358 g/mol. The summed E-state index contributed by atoms with van der Waals surface area (Å²) in [4.78, 5) is 24.3. The van der Waals surface area contributed by atoms with Gasteiger partial charge in [0.15, 0.2) is 9.84 Å². The van der Waals surface area contributed by atoms with E-state index in [9.17, 15) is 18.0 Å². The quantitative estimate of drug-likeness (QED) is 0.762. The number of rotatable bonds is 7. The van der Waals surface area contributed by atoms with Gasteiger partial charge in [0, 0.05) is 19.4 Å². The van der Waals surface area contributed by atoms with Crippen LogP contribution >= 0.6 is 0 Å². The van der Waals surface area contributed by atoms with E-state index in [1.54, 1.807) is 19.1 Å². The molecule has 1 N–H and O–H groups in total. The molecule has 0 aliphatic rings. The number of sulfone groups is 1. The van der Waals surface area contributed by atoms with Crippen LogP contribution in [0.3, 0.4) is 0 Å². The smallest absolute Gasteiger partial charge is 0.272 e. The van der Waals surface area contributed by atoms with Crippen LogP contribution in [-0.2, 0) is 21.1 Å². The largest absolute Gasteiger partial charge is 0.383 e. The molecule has 0 aliphatic heterocycles. The van der Waals surface area contributed by atoms with Crippen LogP contribution in [0.15, 0.2) is 46.1 Å². The van der Waals surface area contributed by atoms with Crippen molar-refractivity contribution in [2.75, 3.05) is 20.0 Å². The maximum atomic E-state index is 12.4. The number of hydrogen-bond acceptors (Lipinski definition) is 6. The first kappa shape index (κ1) is 19.8. The number of carbonyl (C=O) groups is 1. The molecule has 1 aromatic heterocycles. The van der Waals surface area contributed by atoms with Gasteiger partial charge < -0.3 is 10.1 Å². The van der Waals surface area contributed by atoms with Crippen molar-refractivity contribution >= 4 is 15.7 Å². The molecule has 8 nitrogen and oxygen atoms in total. The number of nitrogens with one attached hydrogen (secondary N) is 1. The van der Waals surface area contributed by atoms with Crippen LogP contribution < -0.4 is 10.9 Å². The summed E-state index contributed by atoms with van der Waals surface area (Å²) in [6, 6.07) is 8.57. The van der Waals surface area contributed by atoms with Crippen LogP contribution in [0, 0.1) is 0 Å². The lowest BCUT2D eigenvalue weighted by Gasteiger charge is -2.15. The Kier molecular flexibility index (Phi) is 6.27. The second kappa shape index (κ2) is 8.24. The Morgan fingerprint density at radius 2 is 1.88 bits per heavy atom. The first-order chi connectivity index (χ1) is 12.2. The zero-order valence-electron chi connectivity index (χ0n) is 14.8. The highest BCUT2D eigenvalue weighted by Gasteiger charge is 2.15. The molecule has 1 aromatic carbocycles. The fourth-order valence-corrected chi connectivity index (χ4v) is 2.90. The van der Waals surface area contributed by atoms with E-state index in [-0.39, 0.29) is 28.7 Å². The number of methoxy groups -OCH3 is 1. The Bertz CT molecular complexity index is 936. The van der Waals surface area contributed by atoms with Gasteiger partial charge in [-0.25, -0.2) is 13.1 Å². The van der Waals surface area contributed by atoms with Gasteiger partial charge >= 0.3 is 0 Å². The van der Waals surface area contributed by atoms with Crippen LogP contribution in [0.2, 0.25) is 0 Å². The van der Waals surface area contributed by atoms with Crippen molar-refractivity contribution in [2.45, 2.75) is 24.4 Å². The Morgan fingerprint density at radius 3 is 2.46 bits per heavy atom. The third-order valence-electron chi connectivity index (χ3n) is 3.76. The summed E-state index contributed by atoms with van der Waals surface area (Å²) in [6.07, 6.45) is 1.14. The zero-order valence-corrected chi connectivity index (χ0v) is 15.6. The molecule has 0 spiro atoms. The predicted octanol–water partition coefficient (Wildman–Crippen LogP) is 0.784. The molecule has 0 radical (unpaired) electrons. The molecule has 0 aliphatic carbocycles. The van der Waals surface area contributed by atoms with E-state index in [4.69, 9.17) is 4.74 Å². The molecule has 9 heteroatoms. The highest BCUT2D eigenvalue weighted by Crippen LogP contribution is 2.16. The highest BCUT2D eigenvalue weighted by atomic mass is 32.2. The van der Waals surface area contributed by atoms with Crippen LogP contribution in [0.4, 0.5) is 0 Å². The Morgan fingerprint density at radius 1 is 1.23 bits per heavy atom. The van der Waals surface area contributed by atoms with Gasteiger partial charge in [-0.05, 0) is 30.7 Å². The molecule has 0 unspecified atom stereocenters. The Balaban J connectivity index is 2.12. The van der Waals surface area contributed by atoms with Crippen molar-refractivity contribution in [2.24, 2.45) is 0 Å². The number of amides is 1. The average molecular weight is 379 g/mol. The van der Waals surface area contributed by atoms with Crippen LogP contribution in [0.1, 0.15) is 29.0 Å². The SMILES string of the molecule is COCCn1nc(C(=O)N[C@H](C)c2ccc(S(C)(=O)=O)cc2)ccc1=O. The second-order valence-electron chi connectivity index (χ2n) is 5.81.